The average molecular weight is 276 g/mol. The van der Waals surface area contributed by atoms with Crippen molar-refractivity contribution in [3.63, 3.8) is 0 Å². The molecular weight excluding hydrogens is 252 g/mol. The summed E-state index contributed by atoms with van der Waals surface area (Å²) in [7, 11) is 0. The number of nitrogens with one attached hydrogen (secondary N) is 2. The maximum absolute atomic E-state index is 12.0. The molecule has 1 aromatic carbocycles. The molecule has 1 heterocycles. The van der Waals surface area contributed by atoms with Gasteiger partial charge in [0.15, 0.2) is 0 Å². The van der Waals surface area contributed by atoms with E-state index in [2.05, 4.69) is 15.5 Å². The topological polar surface area (TPSA) is 70.4 Å². The number of anilines is 2. The van der Waals surface area contributed by atoms with Crippen LogP contribution in [0, 0.1) is 0 Å². The second-order valence-corrected chi connectivity index (χ2v) is 5.14. The van der Waals surface area contributed by atoms with E-state index < -0.39 is 0 Å². The monoisotopic (exact) mass is 276 g/mol. The van der Waals surface area contributed by atoms with E-state index in [1.165, 1.54) is 25.9 Å². The van der Waals surface area contributed by atoms with Crippen LogP contribution in [0.2, 0.25) is 0 Å². The van der Waals surface area contributed by atoms with Crippen molar-refractivity contribution in [1.29, 1.82) is 0 Å². The molecule has 0 bridgehead atoms. The van der Waals surface area contributed by atoms with Gasteiger partial charge in [-0.3, -0.25) is 4.79 Å². The van der Waals surface area contributed by atoms with Crippen LogP contribution in [0.1, 0.15) is 30.1 Å². The largest absolute Gasteiger partial charge is 0.399 e. The summed E-state index contributed by atoms with van der Waals surface area (Å²) in [6.45, 7) is 6.73. The summed E-state index contributed by atoms with van der Waals surface area (Å²) in [5, 5.41) is 6.16. The summed E-state index contributed by atoms with van der Waals surface area (Å²) in [5.74, 6) is -0.0591. The molecule has 0 aliphatic carbocycles. The van der Waals surface area contributed by atoms with Gasteiger partial charge in [-0.05, 0) is 51.1 Å². The van der Waals surface area contributed by atoms with E-state index >= 15 is 0 Å². The minimum atomic E-state index is -0.0591. The molecule has 0 radical (unpaired) electrons. The second-order valence-electron chi connectivity index (χ2n) is 5.14. The van der Waals surface area contributed by atoms with Gasteiger partial charge in [0.25, 0.3) is 5.91 Å². The number of carbonyl (C=O) groups is 1. The van der Waals surface area contributed by atoms with Crippen LogP contribution in [0.15, 0.2) is 18.2 Å². The molecule has 1 aliphatic rings. The van der Waals surface area contributed by atoms with Crippen LogP contribution in [0.5, 0.6) is 0 Å². The number of rotatable bonds is 6. The number of nitrogens with two attached hydrogens (primary N) is 1. The van der Waals surface area contributed by atoms with Gasteiger partial charge < -0.3 is 21.3 Å². The van der Waals surface area contributed by atoms with E-state index in [0.717, 1.165) is 18.8 Å². The van der Waals surface area contributed by atoms with Gasteiger partial charge in [-0.25, -0.2) is 0 Å². The van der Waals surface area contributed by atoms with E-state index in [4.69, 9.17) is 5.73 Å². The lowest BCUT2D eigenvalue weighted by atomic mass is 10.1. The van der Waals surface area contributed by atoms with E-state index in [9.17, 15) is 4.79 Å². The number of benzene rings is 1. The van der Waals surface area contributed by atoms with E-state index in [1.54, 1.807) is 12.1 Å². The molecule has 1 fully saturated rings. The van der Waals surface area contributed by atoms with Gasteiger partial charge in [0.05, 0.1) is 5.56 Å². The zero-order valence-corrected chi connectivity index (χ0v) is 12.1. The van der Waals surface area contributed by atoms with Gasteiger partial charge in [0.2, 0.25) is 0 Å². The highest BCUT2D eigenvalue weighted by atomic mass is 16.1. The van der Waals surface area contributed by atoms with Crippen molar-refractivity contribution in [3.05, 3.63) is 23.8 Å². The lowest BCUT2D eigenvalue weighted by molar-refractivity contribution is 0.0956. The van der Waals surface area contributed by atoms with Crippen molar-refractivity contribution in [2.75, 3.05) is 43.8 Å². The van der Waals surface area contributed by atoms with Gasteiger partial charge in [0, 0.05) is 31.0 Å². The molecule has 0 aromatic heterocycles. The summed E-state index contributed by atoms with van der Waals surface area (Å²) in [6.07, 6.45) is 2.59. The molecule has 1 saturated heterocycles. The Morgan fingerprint density at radius 3 is 2.80 bits per heavy atom. The number of nitrogens with zero attached hydrogens (tertiary/aromatic N) is 1. The molecule has 1 aliphatic heterocycles. The van der Waals surface area contributed by atoms with Gasteiger partial charge in [0.1, 0.15) is 0 Å². The van der Waals surface area contributed by atoms with Crippen LogP contribution >= 0.6 is 0 Å². The number of carbonyl (C=O) groups excluding carboxylic acids is 1. The fraction of sp³-hybridized carbons (Fsp3) is 0.533. The fourth-order valence-corrected chi connectivity index (χ4v) is 2.52. The first kappa shape index (κ1) is 14.7. The molecule has 2 rings (SSSR count). The van der Waals surface area contributed by atoms with Gasteiger partial charge in [-0.15, -0.1) is 0 Å². The highest BCUT2D eigenvalue weighted by molar-refractivity contribution is 6.00. The smallest absolute Gasteiger partial charge is 0.253 e. The van der Waals surface area contributed by atoms with Gasteiger partial charge in [-0.2, -0.15) is 0 Å². The summed E-state index contributed by atoms with van der Waals surface area (Å²) < 4.78 is 0. The Balaban J connectivity index is 1.97. The van der Waals surface area contributed by atoms with Crippen molar-refractivity contribution in [2.45, 2.75) is 19.8 Å². The predicted octanol–water partition coefficient (Wildman–Crippen LogP) is 1.53. The summed E-state index contributed by atoms with van der Waals surface area (Å²) in [4.78, 5) is 14.4. The molecular formula is C15H24N4O. The number of likely N-dealkylation sites (tertiary alicyclic amines) is 1. The molecule has 20 heavy (non-hydrogen) atoms. The Morgan fingerprint density at radius 2 is 2.10 bits per heavy atom. The molecule has 5 nitrogen and oxygen atoms in total. The quantitative estimate of drug-likeness (QED) is 0.689. The summed E-state index contributed by atoms with van der Waals surface area (Å²) >= 11 is 0. The minimum Gasteiger partial charge on any atom is -0.399 e. The SMILES string of the molecule is CCNC(=O)c1ccc(N)cc1NCCN1CCCC1. The third kappa shape index (κ3) is 3.87. The van der Waals surface area contributed by atoms with Crippen LogP contribution < -0.4 is 16.4 Å². The van der Waals surface area contributed by atoms with Crippen molar-refractivity contribution in [2.24, 2.45) is 0 Å². The molecule has 4 N–H and O–H groups in total. The number of hydrogen-bond donors (Lipinski definition) is 3. The van der Waals surface area contributed by atoms with Crippen LogP contribution in [0.25, 0.3) is 0 Å². The highest BCUT2D eigenvalue weighted by Crippen LogP contribution is 2.19. The highest BCUT2D eigenvalue weighted by Gasteiger charge is 2.13. The normalized spacial score (nSPS) is 15.2. The summed E-state index contributed by atoms with van der Waals surface area (Å²) in [6, 6.07) is 5.36. The zero-order chi connectivity index (χ0) is 14.4. The number of nitrogen functional groups attached to an aromatic ring is 1. The van der Waals surface area contributed by atoms with E-state index in [-0.39, 0.29) is 5.91 Å². The maximum Gasteiger partial charge on any atom is 0.253 e. The first-order chi connectivity index (χ1) is 9.70. The second kappa shape index (κ2) is 7.14. The molecule has 1 aromatic rings. The van der Waals surface area contributed by atoms with E-state index in [1.807, 2.05) is 13.0 Å². The third-order valence-electron chi connectivity index (χ3n) is 3.57. The van der Waals surface area contributed by atoms with Crippen LogP contribution in [-0.4, -0.2) is 43.5 Å². The third-order valence-corrected chi connectivity index (χ3v) is 3.57. The van der Waals surface area contributed by atoms with Crippen LogP contribution in [-0.2, 0) is 0 Å². The standard InChI is InChI=1S/C15H24N4O/c1-2-17-15(20)13-6-5-12(16)11-14(13)18-7-10-19-8-3-4-9-19/h5-6,11,18H,2-4,7-10,16H2,1H3,(H,17,20). The first-order valence-electron chi connectivity index (χ1n) is 7.34. The molecule has 0 atom stereocenters. The number of hydrogen-bond acceptors (Lipinski definition) is 4. The molecule has 0 spiro atoms. The molecule has 0 saturated carbocycles. The van der Waals surface area contributed by atoms with Crippen molar-refractivity contribution >= 4 is 17.3 Å². The molecule has 1 amide bonds. The first-order valence-corrected chi connectivity index (χ1v) is 7.34. The Morgan fingerprint density at radius 1 is 1.35 bits per heavy atom. The Hall–Kier alpha value is -1.75. The van der Waals surface area contributed by atoms with Crippen LogP contribution in [0.4, 0.5) is 11.4 Å². The Bertz CT molecular complexity index is 455. The Kier molecular flexibility index (Phi) is 5.24. The molecule has 5 heteroatoms. The number of amides is 1. The van der Waals surface area contributed by atoms with Gasteiger partial charge in [-0.1, -0.05) is 0 Å². The van der Waals surface area contributed by atoms with E-state index in [0.29, 0.717) is 17.8 Å². The lowest BCUT2D eigenvalue weighted by Crippen LogP contribution is -2.27. The minimum absolute atomic E-state index is 0.0591. The molecule has 0 unspecified atom stereocenters. The predicted molar refractivity (Wildman–Crippen MR) is 83.0 cm³/mol. The zero-order valence-electron chi connectivity index (χ0n) is 12.1. The summed E-state index contributed by atoms with van der Waals surface area (Å²) in [5.41, 5.74) is 7.95. The Labute approximate surface area is 120 Å². The van der Waals surface area contributed by atoms with Crippen molar-refractivity contribution in [3.8, 4) is 0 Å². The fourth-order valence-electron chi connectivity index (χ4n) is 2.52. The molecule has 110 valence electrons. The lowest BCUT2D eigenvalue weighted by Gasteiger charge is -2.17. The van der Waals surface area contributed by atoms with Gasteiger partial charge >= 0.3 is 0 Å². The van der Waals surface area contributed by atoms with Crippen LogP contribution in [0.3, 0.4) is 0 Å². The maximum atomic E-state index is 12.0. The van der Waals surface area contributed by atoms with Crippen molar-refractivity contribution < 1.29 is 4.79 Å². The average Bonchev–Trinajstić information content (AvgIpc) is 2.92. The van der Waals surface area contributed by atoms with Crippen molar-refractivity contribution in [1.82, 2.24) is 10.2 Å².